The van der Waals surface area contributed by atoms with Gasteiger partial charge in [-0.15, -0.1) is 0 Å². The zero-order chi connectivity index (χ0) is 15.8. The summed E-state index contributed by atoms with van der Waals surface area (Å²) in [5, 5.41) is 10.5. The Morgan fingerprint density at radius 1 is 1.43 bits per heavy atom. The summed E-state index contributed by atoms with van der Waals surface area (Å²) in [5.74, 6) is 0.992. The fourth-order valence-corrected chi connectivity index (χ4v) is 3.36. The lowest BCUT2D eigenvalue weighted by Gasteiger charge is -2.50. The van der Waals surface area contributed by atoms with Crippen LogP contribution in [0.1, 0.15) is 20.8 Å². The summed E-state index contributed by atoms with van der Waals surface area (Å²) in [6.07, 6.45) is 1.20. The minimum atomic E-state index is -0.508. The van der Waals surface area contributed by atoms with E-state index in [0.717, 1.165) is 15.9 Å². The van der Waals surface area contributed by atoms with Gasteiger partial charge in [0.15, 0.2) is 0 Å². The summed E-state index contributed by atoms with van der Waals surface area (Å²) in [5.41, 5.74) is 0.548. The third-order valence-electron chi connectivity index (χ3n) is 4.37. The van der Waals surface area contributed by atoms with E-state index < -0.39 is 11.5 Å². The Morgan fingerprint density at radius 3 is 2.67 bits per heavy atom. The monoisotopic (exact) mass is 361 g/mol. The summed E-state index contributed by atoms with van der Waals surface area (Å²) in [7, 11) is 3.27. The number of methoxy groups -OCH3 is 2. The van der Waals surface area contributed by atoms with E-state index in [-0.39, 0.29) is 18.8 Å². The minimum Gasteiger partial charge on any atom is -0.499 e. The van der Waals surface area contributed by atoms with E-state index in [4.69, 9.17) is 14.2 Å². The first-order valence-electron chi connectivity index (χ1n) is 7.05. The molecule has 0 radical (unpaired) electrons. The zero-order valence-electron chi connectivity index (χ0n) is 13.2. The molecular weight excluding hydrogens is 338 g/mol. The molecule has 2 rings (SSSR count). The first-order valence-corrected chi connectivity index (χ1v) is 7.84. The topological polar surface area (TPSA) is 51.2 Å². The fraction of sp³-hybridized carbons (Fsp3) is 0.733. The molecule has 3 atom stereocenters. The van der Waals surface area contributed by atoms with E-state index in [1.807, 2.05) is 24.9 Å². The van der Waals surface area contributed by atoms with E-state index in [2.05, 4.69) is 22.9 Å². The molecule has 0 spiro atoms. The highest BCUT2D eigenvalue weighted by atomic mass is 79.9. The number of fused-ring (bicyclic) bond motifs is 1. The quantitative estimate of drug-likeness (QED) is 0.779. The summed E-state index contributed by atoms with van der Waals surface area (Å²) in [6, 6.07) is 0. The Balaban J connectivity index is 2.48. The van der Waals surface area contributed by atoms with E-state index in [1.165, 1.54) is 0 Å². The van der Waals surface area contributed by atoms with Crippen molar-refractivity contribution in [2.75, 3.05) is 27.6 Å². The van der Waals surface area contributed by atoms with Crippen LogP contribution in [0.2, 0.25) is 0 Å². The van der Waals surface area contributed by atoms with Gasteiger partial charge in [-0.2, -0.15) is 0 Å². The Morgan fingerprint density at radius 2 is 2.10 bits per heavy atom. The summed E-state index contributed by atoms with van der Waals surface area (Å²) in [4.78, 5) is 2.01. The van der Waals surface area contributed by atoms with Gasteiger partial charge >= 0.3 is 0 Å². The first kappa shape index (κ1) is 16.8. The largest absolute Gasteiger partial charge is 0.499 e. The second-order valence-corrected chi connectivity index (χ2v) is 7.05. The van der Waals surface area contributed by atoms with E-state index >= 15 is 0 Å². The maximum Gasteiger partial charge on any atom is 0.147 e. The average Bonchev–Trinajstić information content (AvgIpc) is 2.42. The molecule has 21 heavy (non-hydrogen) atoms. The molecular formula is C15H24BrNO4. The summed E-state index contributed by atoms with van der Waals surface area (Å²) >= 11 is 3.58. The van der Waals surface area contributed by atoms with Crippen molar-refractivity contribution in [2.45, 2.75) is 33.0 Å². The molecule has 2 aliphatic rings. The number of nitrogens with zero attached hydrogens (tertiary/aromatic N) is 1. The predicted molar refractivity (Wildman–Crippen MR) is 83.5 cm³/mol. The molecule has 5 nitrogen and oxygen atoms in total. The highest BCUT2D eigenvalue weighted by molar-refractivity contribution is 9.11. The number of ether oxygens (including phenoxy) is 3. The minimum absolute atomic E-state index is 0.126. The highest BCUT2D eigenvalue weighted by Gasteiger charge is 2.49. The SMILES string of the molecule is COCOC1C2=C(OC)C(C)C(Br)=CN2CC(O)C1(C)C. The lowest BCUT2D eigenvalue weighted by molar-refractivity contribution is -0.150. The van der Waals surface area contributed by atoms with Gasteiger partial charge in [0.1, 0.15) is 18.7 Å². The maximum atomic E-state index is 10.5. The van der Waals surface area contributed by atoms with Crippen molar-refractivity contribution in [1.82, 2.24) is 4.90 Å². The van der Waals surface area contributed by atoms with Crippen molar-refractivity contribution in [3.8, 4) is 0 Å². The van der Waals surface area contributed by atoms with Gasteiger partial charge in [-0.1, -0.05) is 36.7 Å². The number of aliphatic hydroxyl groups is 1. The van der Waals surface area contributed by atoms with Crippen LogP contribution in [-0.2, 0) is 14.2 Å². The predicted octanol–water partition coefficient (Wildman–Crippen LogP) is 2.42. The molecule has 0 saturated carbocycles. The summed E-state index contributed by atoms with van der Waals surface area (Å²) < 4.78 is 17.6. The van der Waals surface area contributed by atoms with Crippen LogP contribution >= 0.6 is 15.9 Å². The fourth-order valence-electron chi connectivity index (χ4n) is 2.91. The van der Waals surface area contributed by atoms with Crippen molar-refractivity contribution >= 4 is 15.9 Å². The normalized spacial score (nSPS) is 31.9. The molecule has 0 aromatic rings. The number of allylic oxidation sites excluding steroid dienone is 1. The molecule has 6 heteroatoms. The van der Waals surface area contributed by atoms with Gasteiger partial charge in [-0.25, -0.2) is 0 Å². The molecule has 0 amide bonds. The zero-order valence-corrected chi connectivity index (χ0v) is 14.8. The molecule has 120 valence electrons. The molecule has 2 aliphatic heterocycles. The maximum absolute atomic E-state index is 10.5. The van der Waals surface area contributed by atoms with Gasteiger partial charge in [-0.3, -0.25) is 0 Å². The third kappa shape index (κ3) is 2.86. The Bertz CT molecular complexity index is 461. The van der Waals surface area contributed by atoms with Gasteiger partial charge in [0, 0.05) is 35.7 Å². The first-order chi connectivity index (χ1) is 9.84. The molecule has 0 bridgehead atoms. The number of hydrogen-bond donors (Lipinski definition) is 1. The molecule has 1 saturated heterocycles. The molecule has 1 fully saturated rings. The van der Waals surface area contributed by atoms with Gasteiger partial charge in [0.05, 0.1) is 18.9 Å². The van der Waals surface area contributed by atoms with Gasteiger partial charge in [0.2, 0.25) is 0 Å². The van der Waals surface area contributed by atoms with Crippen LogP contribution in [-0.4, -0.2) is 49.8 Å². The molecule has 2 heterocycles. The van der Waals surface area contributed by atoms with Gasteiger partial charge < -0.3 is 24.2 Å². The van der Waals surface area contributed by atoms with Crippen LogP contribution in [0.15, 0.2) is 22.1 Å². The molecule has 3 unspecified atom stereocenters. The lowest BCUT2D eigenvalue weighted by Crippen LogP contribution is -2.56. The number of piperidine rings is 1. The van der Waals surface area contributed by atoms with E-state index in [1.54, 1.807) is 14.2 Å². The average molecular weight is 362 g/mol. The van der Waals surface area contributed by atoms with Crippen LogP contribution in [0.5, 0.6) is 0 Å². The van der Waals surface area contributed by atoms with Crippen molar-refractivity contribution in [2.24, 2.45) is 11.3 Å². The second kappa shape index (κ2) is 6.28. The highest BCUT2D eigenvalue weighted by Crippen LogP contribution is 2.45. The van der Waals surface area contributed by atoms with Crippen LogP contribution < -0.4 is 0 Å². The molecule has 0 aliphatic carbocycles. The lowest BCUT2D eigenvalue weighted by atomic mass is 9.74. The van der Waals surface area contributed by atoms with Crippen LogP contribution in [0.25, 0.3) is 0 Å². The van der Waals surface area contributed by atoms with Crippen LogP contribution in [0.4, 0.5) is 0 Å². The standard InChI is InChI=1S/C15H24BrNO4/c1-9-10(16)6-17-7-11(18)15(2,3)14(21-8-19-4)12(17)13(9)20-5/h6,9,11,14,18H,7-8H2,1-5H3. The van der Waals surface area contributed by atoms with Crippen molar-refractivity contribution < 1.29 is 19.3 Å². The number of aliphatic hydroxyl groups excluding tert-OH is 1. The Labute approximate surface area is 134 Å². The third-order valence-corrected chi connectivity index (χ3v) is 5.26. The van der Waals surface area contributed by atoms with Crippen molar-refractivity contribution in [3.63, 3.8) is 0 Å². The van der Waals surface area contributed by atoms with Gasteiger partial charge in [-0.05, 0) is 0 Å². The van der Waals surface area contributed by atoms with Crippen LogP contribution in [0.3, 0.4) is 0 Å². The Kier molecular flexibility index (Phi) is 5.03. The molecule has 1 N–H and O–H groups in total. The van der Waals surface area contributed by atoms with Crippen molar-refractivity contribution in [1.29, 1.82) is 0 Å². The van der Waals surface area contributed by atoms with Gasteiger partial charge in [0.25, 0.3) is 0 Å². The second-order valence-electron chi connectivity index (χ2n) is 6.13. The number of hydrogen-bond acceptors (Lipinski definition) is 5. The van der Waals surface area contributed by atoms with E-state index in [9.17, 15) is 5.11 Å². The summed E-state index contributed by atoms with van der Waals surface area (Å²) in [6.45, 7) is 6.79. The smallest absolute Gasteiger partial charge is 0.147 e. The van der Waals surface area contributed by atoms with E-state index in [0.29, 0.717) is 6.54 Å². The molecule has 0 aromatic heterocycles. The number of rotatable bonds is 4. The molecule has 0 aromatic carbocycles. The Hall–Kier alpha value is -0.560. The number of halogens is 1. The van der Waals surface area contributed by atoms with Crippen molar-refractivity contribution in [3.05, 3.63) is 22.1 Å². The van der Waals surface area contributed by atoms with Crippen LogP contribution in [0, 0.1) is 11.3 Å².